The first-order valence-corrected chi connectivity index (χ1v) is 7.89. The summed E-state index contributed by atoms with van der Waals surface area (Å²) in [6, 6.07) is 4.57. The van der Waals surface area contributed by atoms with E-state index in [0.29, 0.717) is 5.69 Å². The van der Waals surface area contributed by atoms with E-state index < -0.39 is 9.84 Å². The second-order valence-electron chi connectivity index (χ2n) is 4.84. The molecule has 2 unspecified atom stereocenters. The van der Waals surface area contributed by atoms with Crippen LogP contribution in [0, 0.1) is 0 Å². The minimum Gasteiger partial charge on any atom is -0.495 e. The van der Waals surface area contributed by atoms with Gasteiger partial charge in [0, 0.05) is 11.8 Å². The fraction of sp³-hybridized carbons (Fsp3) is 0.538. The van der Waals surface area contributed by atoms with E-state index in [2.05, 4.69) is 0 Å². The number of nitrogens with two attached hydrogens (primary N) is 1. The van der Waals surface area contributed by atoms with Crippen molar-refractivity contribution >= 4 is 15.5 Å². The van der Waals surface area contributed by atoms with Gasteiger partial charge in [-0.25, -0.2) is 8.42 Å². The highest BCUT2D eigenvalue weighted by atomic mass is 32.2. The van der Waals surface area contributed by atoms with Gasteiger partial charge in [-0.1, -0.05) is 0 Å². The Hall–Kier alpha value is -1.27. The number of hydrogen-bond acceptors (Lipinski definition) is 5. The molecule has 2 atom stereocenters. The summed E-state index contributed by atoms with van der Waals surface area (Å²) in [5.41, 5.74) is 6.10. The summed E-state index contributed by atoms with van der Waals surface area (Å²) in [5.74, 6) is 0.267. The van der Waals surface area contributed by atoms with Crippen LogP contribution in [0.5, 0.6) is 5.75 Å². The van der Waals surface area contributed by atoms with Gasteiger partial charge in [0.15, 0.2) is 9.84 Å². The van der Waals surface area contributed by atoms with E-state index in [-0.39, 0.29) is 28.6 Å². The van der Waals surface area contributed by atoms with Crippen LogP contribution in [0.1, 0.15) is 19.8 Å². The molecule has 1 heterocycles. The number of sulfone groups is 1. The van der Waals surface area contributed by atoms with Gasteiger partial charge in [-0.2, -0.15) is 0 Å². The van der Waals surface area contributed by atoms with Gasteiger partial charge in [-0.05, 0) is 31.9 Å². The molecule has 0 saturated carbocycles. The average Bonchev–Trinajstić information content (AvgIpc) is 2.73. The molecule has 2 N–H and O–H groups in total. The zero-order valence-electron chi connectivity index (χ0n) is 11.1. The van der Waals surface area contributed by atoms with Crippen LogP contribution in [0.15, 0.2) is 23.1 Å². The van der Waals surface area contributed by atoms with Gasteiger partial charge in [-0.3, -0.25) is 0 Å². The van der Waals surface area contributed by atoms with Gasteiger partial charge in [0.1, 0.15) is 10.6 Å². The van der Waals surface area contributed by atoms with Crippen molar-refractivity contribution in [2.75, 3.05) is 18.6 Å². The van der Waals surface area contributed by atoms with Crippen LogP contribution in [0.25, 0.3) is 0 Å². The Balaban J connectivity index is 2.24. The van der Waals surface area contributed by atoms with E-state index in [4.69, 9.17) is 15.2 Å². The summed E-state index contributed by atoms with van der Waals surface area (Å²) in [6.45, 7) is 1.95. The normalized spacial score (nSPS) is 23.5. The highest BCUT2D eigenvalue weighted by Gasteiger charge is 2.29. The van der Waals surface area contributed by atoms with E-state index >= 15 is 0 Å². The molecule has 0 aromatic heterocycles. The maximum atomic E-state index is 12.4. The van der Waals surface area contributed by atoms with E-state index in [1.165, 1.54) is 19.2 Å². The Bertz CT molecular complexity index is 556. The predicted octanol–water partition coefficient (Wildman–Crippen LogP) is 1.62. The van der Waals surface area contributed by atoms with Gasteiger partial charge in [0.05, 0.1) is 25.1 Å². The first-order valence-electron chi connectivity index (χ1n) is 6.24. The predicted molar refractivity (Wildman–Crippen MR) is 73.0 cm³/mol. The molecule has 0 amide bonds. The number of benzene rings is 1. The molecule has 6 heteroatoms. The van der Waals surface area contributed by atoms with Gasteiger partial charge >= 0.3 is 0 Å². The molecule has 0 radical (unpaired) electrons. The second kappa shape index (κ2) is 5.38. The number of ether oxygens (including phenoxy) is 2. The van der Waals surface area contributed by atoms with Crippen molar-refractivity contribution in [1.29, 1.82) is 0 Å². The smallest absolute Gasteiger partial charge is 0.184 e. The molecule has 1 aromatic carbocycles. The minimum absolute atomic E-state index is 0.0163. The molecule has 106 valence electrons. The van der Waals surface area contributed by atoms with Crippen molar-refractivity contribution in [1.82, 2.24) is 0 Å². The van der Waals surface area contributed by atoms with Crippen LogP contribution < -0.4 is 10.5 Å². The van der Waals surface area contributed by atoms with Gasteiger partial charge < -0.3 is 15.2 Å². The van der Waals surface area contributed by atoms with Gasteiger partial charge in [-0.15, -0.1) is 0 Å². The zero-order valence-corrected chi connectivity index (χ0v) is 11.9. The van der Waals surface area contributed by atoms with E-state index in [1.807, 2.05) is 6.92 Å². The fourth-order valence-corrected chi connectivity index (χ4v) is 3.92. The average molecular weight is 285 g/mol. The van der Waals surface area contributed by atoms with Crippen molar-refractivity contribution < 1.29 is 17.9 Å². The van der Waals surface area contributed by atoms with Crippen molar-refractivity contribution in [2.24, 2.45) is 0 Å². The second-order valence-corrected chi connectivity index (χ2v) is 6.84. The first kappa shape index (κ1) is 14.1. The molecule has 1 fully saturated rings. The highest BCUT2D eigenvalue weighted by molar-refractivity contribution is 7.91. The zero-order chi connectivity index (χ0) is 14.0. The Labute approximate surface area is 113 Å². The molecule has 2 rings (SSSR count). The molecular weight excluding hydrogens is 266 g/mol. The molecule has 19 heavy (non-hydrogen) atoms. The fourth-order valence-electron chi connectivity index (χ4n) is 2.28. The van der Waals surface area contributed by atoms with Crippen molar-refractivity contribution in [3.63, 3.8) is 0 Å². The third-order valence-corrected chi connectivity index (χ3v) is 5.07. The molecule has 0 bridgehead atoms. The Kier molecular flexibility index (Phi) is 4.01. The number of rotatable bonds is 4. The van der Waals surface area contributed by atoms with E-state index in [0.717, 1.165) is 12.8 Å². The van der Waals surface area contributed by atoms with Crippen LogP contribution in [-0.2, 0) is 14.6 Å². The quantitative estimate of drug-likeness (QED) is 0.850. The van der Waals surface area contributed by atoms with Gasteiger partial charge in [0.2, 0.25) is 0 Å². The third kappa shape index (κ3) is 3.19. The number of nitrogen functional groups attached to an aromatic ring is 1. The lowest BCUT2D eigenvalue weighted by Gasteiger charge is -2.14. The minimum atomic E-state index is -3.43. The van der Waals surface area contributed by atoms with Crippen LogP contribution in [0.4, 0.5) is 5.69 Å². The molecule has 5 nitrogen and oxygen atoms in total. The molecule has 0 spiro atoms. The molecule has 1 saturated heterocycles. The Morgan fingerprint density at radius 1 is 1.42 bits per heavy atom. The summed E-state index contributed by atoms with van der Waals surface area (Å²) in [4.78, 5) is 0.173. The Morgan fingerprint density at radius 2 is 2.16 bits per heavy atom. The first-order chi connectivity index (χ1) is 8.92. The van der Waals surface area contributed by atoms with E-state index in [9.17, 15) is 8.42 Å². The summed E-state index contributed by atoms with van der Waals surface area (Å²) in [6.07, 6.45) is 1.58. The van der Waals surface area contributed by atoms with Gasteiger partial charge in [0.25, 0.3) is 0 Å². The van der Waals surface area contributed by atoms with Crippen LogP contribution >= 0.6 is 0 Å². The molecule has 1 aromatic rings. The maximum Gasteiger partial charge on any atom is 0.184 e. The van der Waals surface area contributed by atoms with Crippen molar-refractivity contribution in [2.45, 2.75) is 36.9 Å². The number of hydrogen-bond donors (Lipinski definition) is 1. The third-order valence-electron chi connectivity index (χ3n) is 3.25. The standard InChI is InChI=1S/C13H19NO4S/c1-9-3-5-11(18-9)8-19(15,16)13-6-4-10(14)7-12(13)17-2/h4,6-7,9,11H,3,5,8,14H2,1-2H3. The monoisotopic (exact) mass is 285 g/mol. The number of anilines is 1. The summed E-state index contributed by atoms with van der Waals surface area (Å²) < 4.78 is 35.4. The number of methoxy groups -OCH3 is 1. The summed E-state index contributed by atoms with van der Waals surface area (Å²) >= 11 is 0. The SMILES string of the molecule is COc1cc(N)ccc1S(=O)(=O)CC1CCC(C)O1. The largest absolute Gasteiger partial charge is 0.495 e. The molecule has 0 aliphatic carbocycles. The summed E-state index contributed by atoms with van der Waals surface area (Å²) in [5, 5.41) is 0. The van der Waals surface area contributed by atoms with Crippen LogP contribution in [0.3, 0.4) is 0 Å². The molecule has 1 aliphatic heterocycles. The lowest BCUT2D eigenvalue weighted by Crippen LogP contribution is -2.21. The molecular formula is C13H19NO4S. The lowest BCUT2D eigenvalue weighted by atomic mass is 10.2. The van der Waals surface area contributed by atoms with Crippen LogP contribution in [0.2, 0.25) is 0 Å². The van der Waals surface area contributed by atoms with Crippen molar-refractivity contribution in [3.8, 4) is 5.75 Å². The highest BCUT2D eigenvalue weighted by Crippen LogP contribution is 2.29. The van der Waals surface area contributed by atoms with Crippen molar-refractivity contribution in [3.05, 3.63) is 18.2 Å². The maximum absolute atomic E-state index is 12.4. The summed E-state index contributed by atoms with van der Waals surface area (Å²) in [7, 11) is -2.00. The topological polar surface area (TPSA) is 78.6 Å². The lowest BCUT2D eigenvalue weighted by molar-refractivity contribution is 0.0690. The van der Waals surface area contributed by atoms with Crippen LogP contribution in [-0.4, -0.2) is 33.5 Å². The van der Waals surface area contributed by atoms with E-state index in [1.54, 1.807) is 6.07 Å². The Morgan fingerprint density at radius 3 is 2.74 bits per heavy atom. The molecule has 1 aliphatic rings.